The van der Waals surface area contributed by atoms with E-state index in [1.807, 2.05) is 58.0 Å². The molecule has 0 aliphatic carbocycles. The van der Waals surface area contributed by atoms with E-state index in [0.717, 1.165) is 15.4 Å². The van der Waals surface area contributed by atoms with Crippen LogP contribution in [0.3, 0.4) is 0 Å². The Morgan fingerprint density at radius 3 is 2.21 bits per heavy atom. The largest absolute Gasteiger partial charge is 0.354 e. The average Bonchev–Trinajstić information content (AvgIpc) is 2.91. The third-order valence-corrected chi connectivity index (χ3v) is 8.27. The number of hydrogen-bond acceptors (Lipinski definition) is 4. The van der Waals surface area contributed by atoms with Crippen molar-refractivity contribution in [3.63, 3.8) is 0 Å². The number of sulfonamides is 1. The molecule has 3 aromatic carbocycles. The van der Waals surface area contributed by atoms with E-state index in [1.165, 1.54) is 23.1 Å². The predicted molar refractivity (Wildman–Crippen MR) is 156 cm³/mol. The highest BCUT2D eigenvalue weighted by molar-refractivity contribution is 7.92. The van der Waals surface area contributed by atoms with Crippen LogP contribution in [0.5, 0.6) is 0 Å². The van der Waals surface area contributed by atoms with Crippen LogP contribution in [0.1, 0.15) is 38.3 Å². The van der Waals surface area contributed by atoms with Gasteiger partial charge in [-0.15, -0.1) is 0 Å². The van der Waals surface area contributed by atoms with Gasteiger partial charge in [0.2, 0.25) is 11.8 Å². The molecule has 0 fully saturated rings. The molecule has 0 radical (unpaired) electrons. The Labute approximate surface area is 236 Å². The lowest BCUT2D eigenvalue weighted by molar-refractivity contribution is -0.140. The average molecular weight is 570 g/mol. The van der Waals surface area contributed by atoms with E-state index in [9.17, 15) is 18.0 Å². The topological polar surface area (TPSA) is 86.8 Å². The van der Waals surface area contributed by atoms with Crippen molar-refractivity contribution < 1.29 is 18.0 Å². The molecular weight excluding hydrogens is 534 g/mol. The molecule has 0 spiro atoms. The first kappa shape index (κ1) is 30.2. The number of carbonyl (C=O) groups is 2. The highest BCUT2D eigenvalue weighted by Gasteiger charge is 2.33. The van der Waals surface area contributed by atoms with E-state index >= 15 is 0 Å². The number of nitrogens with one attached hydrogen (secondary N) is 1. The SMILES string of the molecule is CC[C@@H](C(=O)NCC(C)C)N(Cc1ccccc1)C(=O)CN(c1cccc(Cl)c1)S(=O)(=O)c1ccc(C)cc1. The molecule has 3 aromatic rings. The molecule has 0 aliphatic rings. The van der Waals surface area contributed by atoms with E-state index < -0.39 is 28.5 Å². The molecule has 1 atom stereocenters. The summed E-state index contributed by atoms with van der Waals surface area (Å²) in [4.78, 5) is 28.7. The lowest BCUT2D eigenvalue weighted by atomic mass is 10.1. The minimum atomic E-state index is -4.14. The predicted octanol–water partition coefficient (Wildman–Crippen LogP) is 5.42. The Bertz CT molecular complexity index is 1360. The molecule has 0 saturated heterocycles. The highest BCUT2D eigenvalue weighted by atomic mass is 35.5. The van der Waals surface area contributed by atoms with Crippen LogP contribution in [0.15, 0.2) is 83.8 Å². The zero-order valence-corrected chi connectivity index (χ0v) is 24.4. The van der Waals surface area contributed by atoms with Gasteiger partial charge in [0.05, 0.1) is 10.6 Å². The Morgan fingerprint density at radius 1 is 0.949 bits per heavy atom. The number of rotatable bonds is 12. The van der Waals surface area contributed by atoms with Gasteiger partial charge in [0.25, 0.3) is 10.0 Å². The first-order valence-corrected chi connectivity index (χ1v) is 14.8. The quantitative estimate of drug-likeness (QED) is 0.315. The Balaban J connectivity index is 2.03. The maximum absolute atomic E-state index is 14.0. The summed E-state index contributed by atoms with van der Waals surface area (Å²) in [6.07, 6.45) is 0.365. The van der Waals surface area contributed by atoms with Crippen LogP contribution in [0.25, 0.3) is 0 Å². The van der Waals surface area contributed by atoms with E-state index in [1.54, 1.807) is 30.3 Å². The van der Waals surface area contributed by atoms with Crippen molar-refractivity contribution in [1.29, 1.82) is 0 Å². The fourth-order valence-electron chi connectivity index (χ4n) is 4.12. The van der Waals surface area contributed by atoms with Gasteiger partial charge < -0.3 is 10.2 Å². The molecule has 3 rings (SSSR count). The number of hydrogen-bond donors (Lipinski definition) is 1. The summed E-state index contributed by atoms with van der Waals surface area (Å²) >= 11 is 6.22. The zero-order chi connectivity index (χ0) is 28.6. The van der Waals surface area contributed by atoms with Gasteiger partial charge in [-0.1, -0.05) is 86.5 Å². The van der Waals surface area contributed by atoms with Gasteiger partial charge in [0.15, 0.2) is 0 Å². The second-order valence-corrected chi connectivity index (χ2v) is 12.2. The molecule has 0 aromatic heterocycles. The molecule has 208 valence electrons. The summed E-state index contributed by atoms with van der Waals surface area (Å²) in [6, 6.07) is 21.4. The number of benzene rings is 3. The number of halogens is 1. The minimum Gasteiger partial charge on any atom is -0.354 e. The molecule has 0 aliphatic heterocycles. The second-order valence-electron chi connectivity index (χ2n) is 9.87. The van der Waals surface area contributed by atoms with Crippen LogP contribution < -0.4 is 9.62 Å². The molecule has 0 bridgehead atoms. The summed E-state index contributed by atoms with van der Waals surface area (Å²) in [5.74, 6) is -0.532. The number of amides is 2. The fraction of sp³-hybridized carbons (Fsp3) is 0.333. The summed E-state index contributed by atoms with van der Waals surface area (Å²) in [7, 11) is -4.14. The maximum atomic E-state index is 14.0. The minimum absolute atomic E-state index is 0.0530. The van der Waals surface area contributed by atoms with Crippen molar-refractivity contribution in [1.82, 2.24) is 10.2 Å². The van der Waals surface area contributed by atoms with Gasteiger partial charge in [0, 0.05) is 18.1 Å². The van der Waals surface area contributed by atoms with Gasteiger partial charge >= 0.3 is 0 Å². The molecule has 1 N–H and O–H groups in total. The summed E-state index contributed by atoms with van der Waals surface area (Å²) in [6.45, 7) is 7.81. The maximum Gasteiger partial charge on any atom is 0.264 e. The van der Waals surface area contributed by atoms with Crippen molar-refractivity contribution in [2.45, 2.75) is 51.6 Å². The summed E-state index contributed by atoms with van der Waals surface area (Å²) in [5.41, 5.74) is 2.00. The third kappa shape index (κ3) is 8.07. The third-order valence-electron chi connectivity index (χ3n) is 6.25. The second kappa shape index (κ2) is 13.6. The van der Waals surface area contributed by atoms with Crippen LogP contribution >= 0.6 is 11.6 Å². The molecule has 0 saturated carbocycles. The normalized spacial score (nSPS) is 12.2. The van der Waals surface area contributed by atoms with E-state index in [2.05, 4.69) is 5.32 Å². The summed E-state index contributed by atoms with van der Waals surface area (Å²) < 4.78 is 28.8. The van der Waals surface area contributed by atoms with Gasteiger partial charge in [-0.05, 0) is 55.2 Å². The number of carbonyl (C=O) groups excluding carboxylic acids is 2. The molecule has 2 amide bonds. The van der Waals surface area contributed by atoms with Crippen LogP contribution in [0.2, 0.25) is 5.02 Å². The number of aryl methyl sites for hydroxylation is 1. The lowest BCUT2D eigenvalue weighted by Gasteiger charge is -2.33. The summed E-state index contributed by atoms with van der Waals surface area (Å²) in [5, 5.41) is 3.26. The van der Waals surface area contributed by atoms with E-state index in [0.29, 0.717) is 18.0 Å². The molecule has 0 heterocycles. The van der Waals surface area contributed by atoms with Crippen LogP contribution in [0.4, 0.5) is 5.69 Å². The molecular formula is C30H36ClN3O4S. The van der Waals surface area contributed by atoms with Crippen molar-refractivity contribution in [3.05, 3.63) is 95.0 Å². The van der Waals surface area contributed by atoms with Crippen molar-refractivity contribution in [2.75, 3.05) is 17.4 Å². The van der Waals surface area contributed by atoms with Gasteiger partial charge in [-0.25, -0.2) is 8.42 Å². The van der Waals surface area contributed by atoms with E-state index in [4.69, 9.17) is 11.6 Å². The van der Waals surface area contributed by atoms with Crippen molar-refractivity contribution >= 4 is 39.1 Å². The lowest BCUT2D eigenvalue weighted by Crippen LogP contribution is -2.52. The van der Waals surface area contributed by atoms with E-state index in [-0.39, 0.29) is 29.0 Å². The molecule has 7 nitrogen and oxygen atoms in total. The Morgan fingerprint density at radius 2 is 1.62 bits per heavy atom. The van der Waals surface area contributed by atoms with Crippen LogP contribution in [0, 0.1) is 12.8 Å². The smallest absolute Gasteiger partial charge is 0.264 e. The van der Waals surface area contributed by atoms with Gasteiger partial charge in [0.1, 0.15) is 12.6 Å². The standard InChI is InChI=1S/C30H36ClN3O4S/c1-5-28(30(36)32-19-22(2)3)33(20-24-10-7-6-8-11-24)29(35)21-34(26-13-9-12-25(31)18-26)39(37,38)27-16-14-23(4)15-17-27/h6-18,22,28H,5,19-21H2,1-4H3,(H,32,36)/t28-/m0/s1. The monoisotopic (exact) mass is 569 g/mol. The van der Waals surface area contributed by atoms with Gasteiger partial charge in [-0.3, -0.25) is 13.9 Å². The zero-order valence-electron chi connectivity index (χ0n) is 22.8. The fourth-order valence-corrected chi connectivity index (χ4v) is 5.71. The molecule has 9 heteroatoms. The van der Waals surface area contributed by atoms with Gasteiger partial charge in [-0.2, -0.15) is 0 Å². The first-order chi connectivity index (χ1) is 18.5. The first-order valence-electron chi connectivity index (χ1n) is 13.0. The van der Waals surface area contributed by atoms with Crippen LogP contribution in [-0.4, -0.2) is 44.3 Å². The highest BCUT2D eigenvalue weighted by Crippen LogP contribution is 2.27. The van der Waals surface area contributed by atoms with Crippen molar-refractivity contribution in [2.24, 2.45) is 5.92 Å². The van der Waals surface area contributed by atoms with Crippen LogP contribution in [-0.2, 0) is 26.2 Å². The number of anilines is 1. The number of nitrogens with zero attached hydrogens (tertiary/aromatic N) is 2. The Kier molecular flexibility index (Phi) is 10.5. The molecule has 0 unspecified atom stereocenters. The Hall–Kier alpha value is -3.36. The van der Waals surface area contributed by atoms with Crippen molar-refractivity contribution in [3.8, 4) is 0 Å². The molecule has 39 heavy (non-hydrogen) atoms.